The quantitative estimate of drug-likeness (QED) is 0.818. The van der Waals surface area contributed by atoms with Crippen LogP contribution in [0.4, 0.5) is 0 Å². The largest absolute Gasteiger partial charge is 0.340 e. The summed E-state index contributed by atoms with van der Waals surface area (Å²) < 4.78 is 0. The molecule has 2 amide bonds. The van der Waals surface area contributed by atoms with Crippen molar-refractivity contribution in [1.82, 2.24) is 24.8 Å². The van der Waals surface area contributed by atoms with E-state index in [1.807, 2.05) is 17.0 Å². The zero-order chi connectivity index (χ0) is 19.7. The fraction of sp³-hybridized carbons (Fsp3) is 0.476. The number of piperidine rings is 1. The third-order valence-electron chi connectivity index (χ3n) is 5.85. The summed E-state index contributed by atoms with van der Waals surface area (Å²) in [6.45, 7) is 6.00. The molecule has 28 heavy (non-hydrogen) atoms. The molecule has 0 aliphatic carbocycles. The SMILES string of the molecule is CC(C)N1CCC[C@@]2(CCN(C(=O)c3cnc(-c4cccnc4)nc3)C2)C1=O. The minimum Gasteiger partial charge on any atom is -0.340 e. The van der Waals surface area contributed by atoms with Gasteiger partial charge in [0.25, 0.3) is 5.91 Å². The highest BCUT2D eigenvalue weighted by Crippen LogP contribution is 2.41. The second-order valence-corrected chi connectivity index (χ2v) is 7.99. The van der Waals surface area contributed by atoms with Crippen LogP contribution in [0.2, 0.25) is 0 Å². The highest BCUT2D eigenvalue weighted by Gasteiger charge is 2.49. The van der Waals surface area contributed by atoms with Crippen molar-refractivity contribution in [3.63, 3.8) is 0 Å². The van der Waals surface area contributed by atoms with Crippen molar-refractivity contribution in [2.75, 3.05) is 19.6 Å². The van der Waals surface area contributed by atoms with Crippen LogP contribution in [0.3, 0.4) is 0 Å². The molecule has 0 unspecified atom stereocenters. The van der Waals surface area contributed by atoms with E-state index in [1.165, 1.54) is 0 Å². The zero-order valence-corrected chi connectivity index (χ0v) is 16.3. The number of hydrogen-bond acceptors (Lipinski definition) is 5. The van der Waals surface area contributed by atoms with Crippen molar-refractivity contribution in [3.8, 4) is 11.4 Å². The van der Waals surface area contributed by atoms with Gasteiger partial charge in [-0.3, -0.25) is 14.6 Å². The molecule has 0 radical (unpaired) electrons. The number of aromatic nitrogens is 3. The van der Waals surface area contributed by atoms with Gasteiger partial charge in [-0.2, -0.15) is 0 Å². The number of carbonyl (C=O) groups is 2. The lowest BCUT2D eigenvalue weighted by Gasteiger charge is -2.41. The summed E-state index contributed by atoms with van der Waals surface area (Å²) in [7, 11) is 0. The summed E-state index contributed by atoms with van der Waals surface area (Å²) in [5.74, 6) is 0.633. The van der Waals surface area contributed by atoms with Crippen LogP contribution in [0.15, 0.2) is 36.9 Å². The first-order chi connectivity index (χ1) is 13.5. The molecule has 0 N–H and O–H groups in total. The van der Waals surface area contributed by atoms with E-state index in [1.54, 1.807) is 29.7 Å². The van der Waals surface area contributed by atoms with E-state index in [0.717, 1.165) is 31.4 Å². The average Bonchev–Trinajstić information content (AvgIpc) is 3.15. The average molecular weight is 379 g/mol. The molecule has 2 aliphatic rings. The van der Waals surface area contributed by atoms with E-state index in [4.69, 9.17) is 0 Å². The Morgan fingerprint density at radius 2 is 1.93 bits per heavy atom. The summed E-state index contributed by atoms with van der Waals surface area (Å²) in [6.07, 6.45) is 9.09. The van der Waals surface area contributed by atoms with Crippen LogP contribution in [0.5, 0.6) is 0 Å². The topological polar surface area (TPSA) is 79.3 Å². The first-order valence-corrected chi connectivity index (χ1v) is 9.83. The Morgan fingerprint density at radius 1 is 1.14 bits per heavy atom. The minimum absolute atomic E-state index is 0.107. The monoisotopic (exact) mass is 379 g/mol. The van der Waals surface area contributed by atoms with Crippen LogP contribution in [-0.2, 0) is 4.79 Å². The van der Waals surface area contributed by atoms with Gasteiger partial charge in [-0.05, 0) is 45.2 Å². The van der Waals surface area contributed by atoms with Crippen molar-refractivity contribution < 1.29 is 9.59 Å². The number of rotatable bonds is 3. The number of pyridine rings is 1. The smallest absolute Gasteiger partial charge is 0.257 e. The molecular formula is C21H25N5O2. The minimum atomic E-state index is -0.422. The van der Waals surface area contributed by atoms with Crippen LogP contribution in [0, 0.1) is 5.41 Å². The Kier molecular flexibility index (Phi) is 4.83. The highest BCUT2D eigenvalue weighted by molar-refractivity contribution is 5.95. The van der Waals surface area contributed by atoms with Gasteiger partial charge in [0.1, 0.15) is 0 Å². The molecule has 2 saturated heterocycles. The number of hydrogen-bond donors (Lipinski definition) is 0. The van der Waals surface area contributed by atoms with Gasteiger partial charge in [-0.25, -0.2) is 9.97 Å². The molecule has 4 rings (SSSR count). The van der Waals surface area contributed by atoms with Crippen molar-refractivity contribution in [1.29, 1.82) is 0 Å². The van der Waals surface area contributed by atoms with Crippen LogP contribution in [-0.4, -0.2) is 62.2 Å². The lowest BCUT2D eigenvalue weighted by Crippen LogP contribution is -2.52. The lowest BCUT2D eigenvalue weighted by atomic mass is 9.78. The lowest BCUT2D eigenvalue weighted by molar-refractivity contribution is -0.147. The maximum Gasteiger partial charge on any atom is 0.257 e. The van der Waals surface area contributed by atoms with E-state index >= 15 is 0 Å². The van der Waals surface area contributed by atoms with E-state index in [9.17, 15) is 9.59 Å². The number of likely N-dealkylation sites (tertiary alicyclic amines) is 2. The Hall–Kier alpha value is -2.83. The third kappa shape index (κ3) is 3.25. The first-order valence-electron chi connectivity index (χ1n) is 9.83. The van der Waals surface area contributed by atoms with Gasteiger partial charge in [0.2, 0.25) is 5.91 Å². The zero-order valence-electron chi connectivity index (χ0n) is 16.3. The standard InChI is InChI=1S/C21H25N5O2/c1-15(2)26-9-4-6-21(20(26)28)7-10-25(14-21)19(27)17-12-23-18(24-13-17)16-5-3-8-22-11-16/h3,5,8,11-13,15H,4,6-7,9-10,14H2,1-2H3/t21-/m0/s1. The van der Waals surface area contributed by atoms with E-state index in [0.29, 0.717) is 24.5 Å². The predicted molar refractivity (Wildman–Crippen MR) is 104 cm³/mol. The maximum absolute atomic E-state index is 13.1. The van der Waals surface area contributed by atoms with E-state index in [2.05, 4.69) is 28.8 Å². The van der Waals surface area contributed by atoms with Gasteiger partial charge in [-0.1, -0.05) is 0 Å². The Morgan fingerprint density at radius 3 is 2.61 bits per heavy atom. The van der Waals surface area contributed by atoms with E-state index in [-0.39, 0.29) is 17.9 Å². The van der Waals surface area contributed by atoms with Crippen LogP contribution in [0.25, 0.3) is 11.4 Å². The van der Waals surface area contributed by atoms with Gasteiger partial charge >= 0.3 is 0 Å². The summed E-state index contributed by atoms with van der Waals surface area (Å²) >= 11 is 0. The molecule has 7 heteroatoms. The highest BCUT2D eigenvalue weighted by atomic mass is 16.2. The van der Waals surface area contributed by atoms with Crippen molar-refractivity contribution >= 4 is 11.8 Å². The van der Waals surface area contributed by atoms with Crippen LogP contribution >= 0.6 is 0 Å². The first kappa shape index (κ1) is 18.5. The number of nitrogens with zero attached hydrogens (tertiary/aromatic N) is 5. The summed E-state index contributed by atoms with van der Waals surface area (Å²) in [4.78, 5) is 42.5. The normalized spacial score (nSPS) is 22.3. The molecule has 2 fully saturated rings. The molecule has 2 aliphatic heterocycles. The molecule has 2 aromatic heterocycles. The second-order valence-electron chi connectivity index (χ2n) is 7.99. The molecule has 7 nitrogen and oxygen atoms in total. The fourth-order valence-corrected chi connectivity index (χ4v) is 4.28. The van der Waals surface area contributed by atoms with Crippen LogP contribution < -0.4 is 0 Å². The van der Waals surface area contributed by atoms with Crippen LogP contribution in [0.1, 0.15) is 43.5 Å². The van der Waals surface area contributed by atoms with Gasteiger partial charge in [-0.15, -0.1) is 0 Å². The molecule has 2 aromatic rings. The Balaban J connectivity index is 1.48. The number of amides is 2. The van der Waals surface area contributed by atoms with Crippen molar-refractivity contribution in [2.24, 2.45) is 5.41 Å². The fourth-order valence-electron chi connectivity index (χ4n) is 4.28. The molecule has 0 aromatic carbocycles. The Labute approximate surface area is 164 Å². The Bertz CT molecular complexity index is 868. The molecule has 0 bridgehead atoms. The molecule has 146 valence electrons. The predicted octanol–water partition coefficient (Wildman–Crippen LogP) is 2.40. The number of carbonyl (C=O) groups excluding carboxylic acids is 2. The second kappa shape index (κ2) is 7.30. The summed E-state index contributed by atoms with van der Waals surface area (Å²) in [6, 6.07) is 3.90. The molecule has 1 spiro atoms. The third-order valence-corrected chi connectivity index (χ3v) is 5.85. The molecule has 0 saturated carbocycles. The van der Waals surface area contributed by atoms with Crippen molar-refractivity contribution in [3.05, 3.63) is 42.5 Å². The van der Waals surface area contributed by atoms with Gasteiger partial charge in [0.15, 0.2) is 5.82 Å². The van der Waals surface area contributed by atoms with E-state index < -0.39 is 5.41 Å². The van der Waals surface area contributed by atoms with Crippen molar-refractivity contribution in [2.45, 2.75) is 39.2 Å². The molecule has 1 atom stereocenters. The molecule has 4 heterocycles. The summed E-state index contributed by atoms with van der Waals surface area (Å²) in [5, 5.41) is 0. The molecular weight excluding hydrogens is 354 g/mol. The van der Waals surface area contributed by atoms with Gasteiger partial charge in [0.05, 0.1) is 11.0 Å². The summed E-state index contributed by atoms with van der Waals surface area (Å²) in [5.41, 5.74) is 0.839. The van der Waals surface area contributed by atoms with Gasteiger partial charge in [0, 0.05) is 56.0 Å². The van der Waals surface area contributed by atoms with Gasteiger partial charge < -0.3 is 9.80 Å². The maximum atomic E-state index is 13.1.